The van der Waals surface area contributed by atoms with Crippen molar-refractivity contribution in [1.29, 1.82) is 0 Å². The number of rotatable bonds is 7. The van der Waals surface area contributed by atoms with E-state index in [1.807, 2.05) is 6.20 Å². The van der Waals surface area contributed by atoms with E-state index < -0.39 is 0 Å². The number of pyridine rings is 1. The summed E-state index contributed by atoms with van der Waals surface area (Å²) in [5.74, 6) is 0.830. The van der Waals surface area contributed by atoms with Crippen LogP contribution in [0.2, 0.25) is 0 Å². The molecule has 1 saturated carbocycles. The number of ether oxygens (including phenoxy) is 1. The number of hydrogen-bond donors (Lipinski definition) is 1. The van der Waals surface area contributed by atoms with Gasteiger partial charge in [-0.05, 0) is 37.8 Å². The molecule has 1 aromatic heterocycles. The predicted octanol–water partition coefficient (Wildman–Crippen LogP) is 1.79. The Bertz CT molecular complexity index is 379. The number of anilines is 1. The minimum Gasteiger partial charge on any atom is -0.383 e. The average molecular weight is 249 g/mol. The van der Waals surface area contributed by atoms with Gasteiger partial charge < -0.3 is 15.4 Å². The Morgan fingerprint density at radius 3 is 2.94 bits per heavy atom. The molecule has 1 aliphatic rings. The molecule has 0 aromatic carbocycles. The Kier molecular flexibility index (Phi) is 4.55. The maximum atomic E-state index is 5.66. The molecule has 1 aromatic rings. The van der Waals surface area contributed by atoms with E-state index in [9.17, 15) is 0 Å². The molecule has 1 fully saturated rings. The monoisotopic (exact) mass is 249 g/mol. The summed E-state index contributed by atoms with van der Waals surface area (Å²) in [6, 6.07) is 4.72. The normalized spacial score (nSPS) is 16.6. The van der Waals surface area contributed by atoms with Crippen molar-refractivity contribution in [3.05, 3.63) is 24.0 Å². The van der Waals surface area contributed by atoms with E-state index in [4.69, 9.17) is 10.5 Å². The Hall–Kier alpha value is -1.13. The van der Waals surface area contributed by atoms with Crippen LogP contribution < -0.4 is 10.6 Å². The third kappa shape index (κ3) is 3.21. The van der Waals surface area contributed by atoms with Gasteiger partial charge in [0.15, 0.2) is 0 Å². The Labute approximate surface area is 109 Å². The molecule has 0 amide bonds. The van der Waals surface area contributed by atoms with Crippen LogP contribution in [0.4, 0.5) is 5.69 Å². The molecular weight excluding hydrogens is 226 g/mol. The van der Waals surface area contributed by atoms with Crippen LogP contribution in [-0.2, 0) is 11.3 Å². The van der Waals surface area contributed by atoms with Crippen LogP contribution in [-0.4, -0.2) is 31.3 Å². The Morgan fingerprint density at radius 2 is 2.33 bits per heavy atom. The standard InChI is InChI=1S/C14H23N3O/c1-11(12-3-4-12)17(7-8-18-2)14-5-6-16-13(9-14)10-15/h5-6,9,11-12H,3-4,7-8,10,15H2,1-2H3. The first-order valence-electron chi connectivity index (χ1n) is 6.67. The summed E-state index contributed by atoms with van der Waals surface area (Å²) in [6.07, 6.45) is 4.54. The quantitative estimate of drug-likeness (QED) is 0.800. The molecule has 2 N–H and O–H groups in total. The summed E-state index contributed by atoms with van der Waals surface area (Å²) in [7, 11) is 1.75. The highest BCUT2D eigenvalue weighted by atomic mass is 16.5. The lowest BCUT2D eigenvalue weighted by atomic mass is 10.1. The van der Waals surface area contributed by atoms with Crippen molar-refractivity contribution in [3.8, 4) is 0 Å². The summed E-state index contributed by atoms with van der Waals surface area (Å²) in [6.45, 7) is 4.46. The third-order valence-corrected chi connectivity index (χ3v) is 3.67. The van der Waals surface area contributed by atoms with Gasteiger partial charge in [-0.3, -0.25) is 4.98 Å². The summed E-state index contributed by atoms with van der Waals surface area (Å²) in [5, 5.41) is 0. The number of aromatic nitrogens is 1. The molecule has 1 atom stereocenters. The van der Waals surface area contributed by atoms with E-state index in [0.29, 0.717) is 12.6 Å². The minimum atomic E-state index is 0.490. The zero-order chi connectivity index (χ0) is 13.0. The van der Waals surface area contributed by atoms with Crippen LogP contribution in [0, 0.1) is 5.92 Å². The molecule has 0 bridgehead atoms. The second-order valence-electron chi connectivity index (χ2n) is 4.97. The van der Waals surface area contributed by atoms with Gasteiger partial charge in [0.1, 0.15) is 0 Å². The molecule has 0 saturated heterocycles. The zero-order valence-electron chi connectivity index (χ0n) is 11.3. The van der Waals surface area contributed by atoms with Gasteiger partial charge in [-0.15, -0.1) is 0 Å². The van der Waals surface area contributed by atoms with Crippen LogP contribution in [0.5, 0.6) is 0 Å². The highest BCUT2D eigenvalue weighted by molar-refractivity contribution is 5.48. The van der Waals surface area contributed by atoms with Crippen LogP contribution in [0.1, 0.15) is 25.5 Å². The molecule has 100 valence electrons. The molecule has 4 heteroatoms. The maximum Gasteiger partial charge on any atom is 0.0637 e. The largest absolute Gasteiger partial charge is 0.383 e. The number of nitrogens with zero attached hydrogens (tertiary/aromatic N) is 2. The highest BCUT2D eigenvalue weighted by Gasteiger charge is 2.32. The van der Waals surface area contributed by atoms with Crippen molar-refractivity contribution in [2.45, 2.75) is 32.4 Å². The molecule has 2 rings (SSSR count). The van der Waals surface area contributed by atoms with Gasteiger partial charge >= 0.3 is 0 Å². The molecule has 1 aliphatic carbocycles. The fourth-order valence-corrected chi connectivity index (χ4v) is 2.35. The molecule has 1 heterocycles. The van der Waals surface area contributed by atoms with E-state index in [2.05, 4.69) is 28.9 Å². The first kappa shape index (κ1) is 13.3. The van der Waals surface area contributed by atoms with E-state index in [1.54, 1.807) is 7.11 Å². The number of methoxy groups -OCH3 is 1. The van der Waals surface area contributed by atoms with Crippen molar-refractivity contribution >= 4 is 5.69 Å². The lowest BCUT2D eigenvalue weighted by Crippen LogP contribution is -2.37. The van der Waals surface area contributed by atoms with Gasteiger partial charge in [0.25, 0.3) is 0 Å². The van der Waals surface area contributed by atoms with Crippen LogP contribution in [0.3, 0.4) is 0 Å². The van der Waals surface area contributed by atoms with Crippen molar-refractivity contribution < 1.29 is 4.74 Å². The smallest absolute Gasteiger partial charge is 0.0637 e. The van der Waals surface area contributed by atoms with Gasteiger partial charge in [-0.1, -0.05) is 0 Å². The van der Waals surface area contributed by atoms with Crippen LogP contribution in [0.25, 0.3) is 0 Å². The third-order valence-electron chi connectivity index (χ3n) is 3.67. The molecule has 4 nitrogen and oxygen atoms in total. The molecule has 18 heavy (non-hydrogen) atoms. The molecule has 0 aliphatic heterocycles. The predicted molar refractivity (Wildman–Crippen MR) is 73.5 cm³/mol. The fourth-order valence-electron chi connectivity index (χ4n) is 2.35. The van der Waals surface area contributed by atoms with Gasteiger partial charge in [-0.2, -0.15) is 0 Å². The lowest BCUT2D eigenvalue weighted by Gasteiger charge is -2.31. The minimum absolute atomic E-state index is 0.490. The second kappa shape index (κ2) is 6.16. The van der Waals surface area contributed by atoms with E-state index in [1.165, 1.54) is 18.5 Å². The first-order valence-corrected chi connectivity index (χ1v) is 6.67. The lowest BCUT2D eigenvalue weighted by molar-refractivity contribution is 0.202. The van der Waals surface area contributed by atoms with Crippen molar-refractivity contribution in [3.63, 3.8) is 0 Å². The average Bonchev–Trinajstić information content (AvgIpc) is 3.23. The van der Waals surface area contributed by atoms with E-state index >= 15 is 0 Å². The summed E-state index contributed by atoms with van der Waals surface area (Å²) in [4.78, 5) is 6.68. The highest BCUT2D eigenvalue weighted by Crippen LogP contribution is 2.36. The molecule has 0 radical (unpaired) electrons. The van der Waals surface area contributed by atoms with Gasteiger partial charge in [-0.25, -0.2) is 0 Å². The first-order chi connectivity index (χ1) is 8.76. The van der Waals surface area contributed by atoms with Gasteiger partial charge in [0, 0.05) is 38.1 Å². The second-order valence-corrected chi connectivity index (χ2v) is 4.97. The van der Waals surface area contributed by atoms with Crippen LogP contribution >= 0.6 is 0 Å². The SMILES string of the molecule is COCCN(c1ccnc(CN)c1)C(C)C1CC1. The van der Waals surface area contributed by atoms with Crippen molar-refractivity contribution in [1.82, 2.24) is 4.98 Å². The maximum absolute atomic E-state index is 5.66. The van der Waals surface area contributed by atoms with Crippen LogP contribution in [0.15, 0.2) is 18.3 Å². The molecule has 1 unspecified atom stereocenters. The van der Waals surface area contributed by atoms with E-state index in [-0.39, 0.29) is 0 Å². The topological polar surface area (TPSA) is 51.4 Å². The van der Waals surface area contributed by atoms with Gasteiger partial charge in [0.05, 0.1) is 12.3 Å². The van der Waals surface area contributed by atoms with Gasteiger partial charge in [0.2, 0.25) is 0 Å². The molecule has 0 spiro atoms. The summed E-state index contributed by atoms with van der Waals surface area (Å²) < 4.78 is 5.22. The number of nitrogens with two attached hydrogens (primary N) is 1. The summed E-state index contributed by atoms with van der Waals surface area (Å²) in [5.41, 5.74) is 7.81. The summed E-state index contributed by atoms with van der Waals surface area (Å²) >= 11 is 0. The fraction of sp³-hybridized carbons (Fsp3) is 0.643. The van der Waals surface area contributed by atoms with Crippen molar-refractivity contribution in [2.24, 2.45) is 11.7 Å². The molecular formula is C14H23N3O. The van der Waals surface area contributed by atoms with E-state index in [0.717, 1.165) is 24.8 Å². The Balaban J connectivity index is 2.14. The Morgan fingerprint density at radius 1 is 1.56 bits per heavy atom. The number of hydrogen-bond acceptors (Lipinski definition) is 4. The van der Waals surface area contributed by atoms with Crippen molar-refractivity contribution in [2.75, 3.05) is 25.2 Å². The zero-order valence-corrected chi connectivity index (χ0v) is 11.3.